The number of ether oxygens (including phenoxy) is 1. The highest BCUT2D eigenvalue weighted by atomic mass is 28.4. The Morgan fingerprint density at radius 3 is 2.34 bits per heavy atom. The van der Waals surface area contributed by atoms with E-state index >= 15 is 0 Å². The Kier molecular flexibility index (Phi) is 8.71. The van der Waals surface area contributed by atoms with Crippen molar-refractivity contribution in [2.24, 2.45) is 5.41 Å². The number of aliphatic hydroxyl groups excluding tert-OH is 1. The molecule has 2 aromatic heterocycles. The molecule has 9 heteroatoms. The number of fused-ring (bicyclic) bond motifs is 1. The van der Waals surface area contributed by atoms with E-state index < -0.39 is 26.2 Å². The standard InChI is InChI=1S/C32H45F3N2O3Si/c1-19(2)28-27(29(38)22-11-10-21(18-36-22)32(33,34)35)25(20-12-14-39-15-13-20)26-23(37-28)16-31(6,7)17-24(26)40-41(8,9)30(3,4)5/h10-12,18-19,24,29,38H,13-17H2,1-9H3. The zero-order chi connectivity index (χ0) is 30.5. The van der Waals surface area contributed by atoms with Crippen molar-refractivity contribution in [3.05, 3.63) is 63.7 Å². The van der Waals surface area contributed by atoms with Gasteiger partial charge in [0.1, 0.15) is 6.10 Å². The summed E-state index contributed by atoms with van der Waals surface area (Å²) < 4.78 is 52.7. The molecule has 41 heavy (non-hydrogen) atoms. The first-order valence-electron chi connectivity index (χ1n) is 14.5. The van der Waals surface area contributed by atoms with Crippen molar-refractivity contribution >= 4 is 13.9 Å². The molecule has 0 aromatic carbocycles. The van der Waals surface area contributed by atoms with Crippen molar-refractivity contribution in [2.75, 3.05) is 13.2 Å². The molecule has 226 valence electrons. The lowest BCUT2D eigenvalue weighted by Gasteiger charge is -2.45. The number of hydrogen-bond donors (Lipinski definition) is 1. The second-order valence-corrected chi connectivity index (χ2v) is 18.9. The largest absolute Gasteiger partial charge is 0.417 e. The van der Waals surface area contributed by atoms with Gasteiger partial charge in [0.05, 0.1) is 36.3 Å². The molecule has 2 aliphatic rings. The maximum atomic E-state index is 13.3. The summed E-state index contributed by atoms with van der Waals surface area (Å²) in [7, 11) is -2.22. The summed E-state index contributed by atoms with van der Waals surface area (Å²) in [5.41, 5.74) is 4.58. The van der Waals surface area contributed by atoms with Gasteiger partial charge in [-0.25, -0.2) is 0 Å². The molecule has 3 heterocycles. The molecule has 2 unspecified atom stereocenters. The van der Waals surface area contributed by atoms with Crippen LogP contribution in [0.25, 0.3) is 5.57 Å². The highest BCUT2D eigenvalue weighted by molar-refractivity contribution is 6.74. The van der Waals surface area contributed by atoms with Gasteiger partial charge < -0.3 is 14.3 Å². The predicted molar refractivity (Wildman–Crippen MR) is 158 cm³/mol. The molecule has 2 aromatic rings. The fraction of sp³-hybridized carbons (Fsp3) is 0.625. The van der Waals surface area contributed by atoms with Gasteiger partial charge in [-0.2, -0.15) is 13.2 Å². The van der Waals surface area contributed by atoms with Crippen molar-refractivity contribution in [2.45, 2.75) is 110 Å². The molecule has 0 saturated heterocycles. The maximum absolute atomic E-state index is 13.3. The Hall–Kier alpha value is -2.07. The topological polar surface area (TPSA) is 64.5 Å². The van der Waals surface area contributed by atoms with Crippen molar-refractivity contribution < 1.29 is 27.4 Å². The summed E-state index contributed by atoms with van der Waals surface area (Å²) >= 11 is 0. The zero-order valence-corrected chi connectivity index (χ0v) is 26.9. The van der Waals surface area contributed by atoms with E-state index in [0.29, 0.717) is 25.2 Å². The summed E-state index contributed by atoms with van der Waals surface area (Å²) in [4.78, 5) is 9.31. The highest BCUT2D eigenvalue weighted by Crippen LogP contribution is 2.51. The minimum absolute atomic E-state index is 0.00927. The zero-order valence-electron chi connectivity index (χ0n) is 25.9. The first kappa shape index (κ1) is 31.9. The van der Waals surface area contributed by atoms with Gasteiger partial charge in [0.2, 0.25) is 0 Å². The fourth-order valence-electron chi connectivity index (χ4n) is 5.63. The molecule has 1 aliphatic carbocycles. The number of rotatable bonds is 6. The SMILES string of the molecule is CC(C)c1nc2c(c(C3=CCOCC3)c1C(O)c1ccc(C(F)(F)F)cn1)C(O[Si](C)(C)C(C)(C)C)CC(C)(C)C2. The first-order valence-corrected chi connectivity index (χ1v) is 17.5. The van der Waals surface area contributed by atoms with Gasteiger partial charge in [-0.05, 0) is 72.0 Å². The number of hydrogen-bond acceptors (Lipinski definition) is 5. The minimum atomic E-state index is -4.51. The Bertz CT molecular complexity index is 1300. The van der Waals surface area contributed by atoms with E-state index in [0.717, 1.165) is 53.2 Å². The van der Waals surface area contributed by atoms with E-state index in [-0.39, 0.29) is 28.2 Å². The van der Waals surface area contributed by atoms with E-state index in [1.54, 1.807) is 0 Å². The minimum Gasteiger partial charge on any atom is -0.410 e. The highest BCUT2D eigenvalue weighted by Gasteiger charge is 2.45. The molecule has 4 rings (SSSR count). The van der Waals surface area contributed by atoms with Crippen LogP contribution in [0, 0.1) is 5.41 Å². The second kappa shape index (κ2) is 11.2. The Labute approximate surface area is 243 Å². The van der Waals surface area contributed by atoms with Crippen LogP contribution >= 0.6 is 0 Å². The fourth-order valence-corrected chi connectivity index (χ4v) is 6.89. The molecule has 0 spiro atoms. The van der Waals surface area contributed by atoms with Gasteiger partial charge in [0.15, 0.2) is 8.32 Å². The smallest absolute Gasteiger partial charge is 0.410 e. The summed E-state index contributed by atoms with van der Waals surface area (Å²) in [5, 5.41) is 11.9. The number of alkyl halides is 3. The van der Waals surface area contributed by atoms with Gasteiger partial charge in [-0.1, -0.05) is 54.5 Å². The number of nitrogens with zero attached hydrogens (tertiary/aromatic N) is 2. The van der Waals surface area contributed by atoms with Gasteiger partial charge in [0.25, 0.3) is 0 Å². The molecule has 0 fully saturated rings. The molecule has 0 amide bonds. The molecule has 2 atom stereocenters. The van der Waals surface area contributed by atoms with E-state index in [2.05, 4.69) is 58.8 Å². The maximum Gasteiger partial charge on any atom is 0.417 e. The van der Waals surface area contributed by atoms with Crippen LogP contribution in [0.15, 0.2) is 24.4 Å². The van der Waals surface area contributed by atoms with Crippen molar-refractivity contribution in [3.8, 4) is 0 Å². The Morgan fingerprint density at radius 1 is 1.15 bits per heavy atom. The van der Waals surface area contributed by atoms with Gasteiger partial charge >= 0.3 is 6.18 Å². The molecule has 0 radical (unpaired) electrons. The van der Waals surface area contributed by atoms with Gasteiger partial charge in [-0.3, -0.25) is 9.97 Å². The molecule has 1 aliphatic heterocycles. The van der Waals surface area contributed by atoms with Crippen LogP contribution in [0.4, 0.5) is 13.2 Å². The van der Waals surface area contributed by atoms with Gasteiger partial charge in [-0.15, -0.1) is 0 Å². The monoisotopic (exact) mass is 590 g/mol. The van der Waals surface area contributed by atoms with E-state index in [1.165, 1.54) is 6.07 Å². The first-order chi connectivity index (χ1) is 18.8. The van der Waals surface area contributed by atoms with Crippen LogP contribution in [-0.2, 0) is 21.8 Å². The van der Waals surface area contributed by atoms with Crippen LogP contribution in [0.2, 0.25) is 18.1 Å². The van der Waals surface area contributed by atoms with Gasteiger partial charge in [0, 0.05) is 23.0 Å². The average Bonchev–Trinajstić information content (AvgIpc) is 2.85. The quantitative estimate of drug-likeness (QED) is 0.342. The summed E-state index contributed by atoms with van der Waals surface area (Å²) in [6.07, 6.45) is -0.911. The molecule has 1 N–H and O–H groups in total. The number of aliphatic hydroxyl groups is 1. The lowest BCUT2D eigenvalue weighted by Crippen LogP contribution is -2.44. The second-order valence-electron chi connectivity index (χ2n) is 14.1. The van der Waals surface area contributed by atoms with E-state index in [4.69, 9.17) is 14.1 Å². The molecule has 0 bridgehead atoms. The number of pyridine rings is 2. The third kappa shape index (κ3) is 6.63. The number of halogens is 3. The molecule has 5 nitrogen and oxygen atoms in total. The predicted octanol–water partition coefficient (Wildman–Crippen LogP) is 8.54. The third-order valence-corrected chi connectivity index (χ3v) is 13.3. The summed E-state index contributed by atoms with van der Waals surface area (Å²) in [6, 6.07) is 2.25. The van der Waals surface area contributed by atoms with Crippen LogP contribution in [0.5, 0.6) is 0 Å². The van der Waals surface area contributed by atoms with Crippen LogP contribution in [0.1, 0.15) is 119 Å². The Balaban J connectivity index is 2.01. The Morgan fingerprint density at radius 2 is 1.83 bits per heavy atom. The normalized spacial score (nSPS) is 20.5. The van der Waals surface area contributed by atoms with Crippen LogP contribution in [-0.4, -0.2) is 36.6 Å². The molecular weight excluding hydrogens is 545 g/mol. The lowest BCUT2D eigenvalue weighted by molar-refractivity contribution is -0.137. The third-order valence-electron chi connectivity index (χ3n) is 8.83. The summed E-state index contributed by atoms with van der Waals surface area (Å²) in [6.45, 7) is 20.7. The average molecular weight is 591 g/mol. The molecular formula is C32H45F3N2O3Si. The molecule has 0 saturated carbocycles. The van der Waals surface area contributed by atoms with Crippen molar-refractivity contribution in [1.82, 2.24) is 9.97 Å². The van der Waals surface area contributed by atoms with E-state index in [1.807, 2.05) is 13.8 Å². The van der Waals surface area contributed by atoms with Crippen LogP contribution < -0.4 is 0 Å². The van der Waals surface area contributed by atoms with Crippen molar-refractivity contribution in [1.29, 1.82) is 0 Å². The van der Waals surface area contributed by atoms with Crippen molar-refractivity contribution in [3.63, 3.8) is 0 Å². The number of aromatic nitrogens is 2. The van der Waals surface area contributed by atoms with E-state index in [9.17, 15) is 18.3 Å². The van der Waals surface area contributed by atoms with Crippen LogP contribution in [0.3, 0.4) is 0 Å². The lowest BCUT2D eigenvalue weighted by atomic mass is 9.71. The summed E-state index contributed by atoms with van der Waals surface area (Å²) in [5.74, 6) is -0.0385.